The van der Waals surface area contributed by atoms with Gasteiger partial charge in [0.05, 0.1) is 19.1 Å². The van der Waals surface area contributed by atoms with Gasteiger partial charge in [-0.25, -0.2) is 4.98 Å². The average molecular weight is 310 g/mol. The van der Waals surface area contributed by atoms with Crippen LogP contribution in [-0.4, -0.2) is 18.0 Å². The highest BCUT2D eigenvalue weighted by molar-refractivity contribution is 5.91. The van der Waals surface area contributed by atoms with Crippen molar-refractivity contribution in [2.24, 2.45) is 0 Å². The molecule has 0 aliphatic carbocycles. The maximum Gasteiger partial charge on any atom is 0.417 e. The Kier molecular flexibility index (Phi) is 4.65. The average Bonchev–Trinajstić information content (AvgIpc) is 2.47. The molecule has 1 heterocycles. The van der Waals surface area contributed by atoms with Crippen molar-refractivity contribution >= 4 is 11.7 Å². The number of carbonyl (C=O) groups is 1. The van der Waals surface area contributed by atoms with Crippen molar-refractivity contribution in [1.29, 1.82) is 0 Å². The van der Waals surface area contributed by atoms with E-state index in [-0.39, 0.29) is 18.1 Å². The Morgan fingerprint density at radius 2 is 1.86 bits per heavy atom. The molecule has 0 aliphatic heterocycles. The van der Waals surface area contributed by atoms with E-state index in [1.165, 1.54) is 7.11 Å². The molecule has 0 bridgehead atoms. The highest BCUT2D eigenvalue weighted by Crippen LogP contribution is 2.28. The first-order chi connectivity index (χ1) is 10.4. The van der Waals surface area contributed by atoms with Crippen LogP contribution in [0.5, 0.6) is 5.75 Å². The number of alkyl halides is 3. The highest BCUT2D eigenvalue weighted by Gasteiger charge is 2.30. The molecule has 7 heteroatoms. The van der Waals surface area contributed by atoms with Crippen LogP contribution in [0.4, 0.5) is 19.0 Å². The lowest BCUT2D eigenvalue weighted by atomic mass is 10.1. The number of hydrogen-bond donors (Lipinski definition) is 1. The van der Waals surface area contributed by atoms with Gasteiger partial charge in [0.25, 0.3) is 0 Å². The summed E-state index contributed by atoms with van der Waals surface area (Å²) < 4.78 is 42.2. The van der Waals surface area contributed by atoms with Gasteiger partial charge in [0, 0.05) is 6.20 Å². The quantitative estimate of drug-likeness (QED) is 0.943. The second-order valence-electron chi connectivity index (χ2n) is 4.50. The molecule has 0 unspecified atom stereocenters. The fraction of sp³-hybridized carbons (Fsp3) is 0.200. The minimum absolute atomic E-state index is 0.0755. The molecular weight excluding hydrogens is 297 g/mol. The van der Waals surface area contributed by atoms with Gasteiger partial charge in [-0.3, -0.25) is 4.79 Å². The molecule has 1 aromatic heterocycles. The molecule has 0 saturated carbocycles. The van der Waals surface area contributed by atoms with Crippen LogP contribution < -0.4 is 10.1 Å². The molecule has 0 radical (unpaired) electrons. The van der Waals surface area contributed by atoms with E-state index in [1.807, 2.05) is 0 Å². The summed E-state index contributed by atoms with van der Waals surface area (Å²) in [6.45, 7) is 0. The molecule has 1 amide bonds. The summed E-state index contributed by atoms with van der Waals surface area (Å²) in [6, 6.07) is 8.90. The van der Waals surface area contributed by atoms with Crippen molar-refractivity contribution < 1.29 is 22.7 Å². The fourth-order valence-electron chi connectivity index (χ4n) is 1.75. The number of ether oxygens (including phenoxy) is 1. The van der Waals surface area contributed by atoms with E-state index in [4.69, 9.17) is 4.74 Å². The lowest BCUT2D eigenvalue weighted by Gasteiger charge is -2.08. The number of nitrogens with one attached hydrogen (secondary N) is 1. The first kappa shape index (κ1) is 15.8. The SMILES string of the molecule is COc1ccc(CC(=O)Nc2ccc(C(F)(F)F)cn2)cc1. The van der Waals surface area contributed by atoms with Crippen LogP contribution in [0.25, 0.3) is 0 Å². The number of halogens is 3. The van der Waals surface area contributed by atoms with Crippen molar-refractivity contribution in [1.82, 2.24) is 4.98 Å². The molecule has 0 saturated heterocycles. The Bertz CT molecular complexity index is 637. The molecule has 0 spiro atoms. The van der Waals surface area contributed by atoms with Crippen LogP contribution in [-0.2, 0) is 17.4 Å². The molecule has 0 fully saturated rings. The van der Waals surface area contributed by atoms with Gasteiger partial charge >= 0.3 is 6.18 Å². The number of benzene rings is 1. The van der Waals surface area contributed by atoms with E-state index in [1.54, 1.807) is 24.3 Å². The number of methoxy groups -OCH3 is 1. The minimum Gasteiger partial charge on any atom is -0.497 e. The van der Waals surface area contributed by atoms with E-state index >= 15 is 0 Å². The van der Waals surface area contributed by atoms with Crippen LogP contribution in [0.3, 0.4) is 0 Å². The number of carbonyl (C=O) groups excluding carboxylic acids is 1. The predicted octanol–water partition coefficient (Wildman–Crippen LogP) is 3.29. The monoisotopic (exact) mass is 310 g/mol. The Hall–Kier alpha value is -2.57. The smallest absolute Gasteiger partial charge is 0.417 e. The Labute approximate surface area is 124 Å². The van der Waals surface area contributed by atoms with E-state index in [0.717, 1.165) is 17.7 Å². The second-order valence-corrected chi connectivity index (χ2v) is 4.50. The standard InChI is InChI=1S/C15H13F3N2O2/c1-22-12-5-2-10(3-6-12)8-14(21)20-13-7-4-11(9-19-13)15(16,17)18/h2-7,9H,8H2,1H3,(H,19,20,21). The maximum atomic E-state index is 12.4. The summed E-state index contributed by atoms with van der Waals surface area (Å²) in [6.07, 6.45) is -3.67. The van der Waals surface area contributed by atoms with Gasteiger partial charge in [0.1, 0.15) is 11.6 Å². The summed E-state index contributed by atoms with van der Waals surface area (Å²) >= 11 is 0. The highest BCUT2D eigenvalue weighted by atomic mass is 19.4. The zero-order valence-corrected chi connectivity index (χ0v) is 11.6. The summed E-state index contributed by atoms with van der Waals surface area (Å²) in [5.74, 6) is 0.387. The summed E-state index contributed by atoms with van der Waals surface area (Å²) in [4.78, 5) is 15.4. The van der Waals surface area contributed by atoms with E-state index in [9.17, 15) is 18.0 Å². The molecule has 1 N–H and O–H groups in total. The third-order valence-corrected chi connectivity index (χ3v) is 2.88. The lowest BCUT2D eigenvalue weighted by Crippen LogP contribution is -2.15. The largest absolute Gasteiger partial charge is 0.497 e. The summed E-state index contributed by atoms with van der Waals surface area (Å²) in [5, 5.41) is 2.45. The third kappa shape index (κ3) is 4.21. The number of amides is 1. The molecule has 1 aromatic carbocycles. The topological polar surface area (TPSA) is 51.2 Å². The van der Waals surface area contributed by atoms with Crippen LogP contribution in [0, 0.1) is 0 Å². The van der Waals surface area contributed by atoms with E-state index in [0.29, 0.717) is 11.9 Å². The van der Waals surface area contributed by atoms with Crippen LogP contribution in [0.1, 0.15) is 11.1 Å². The van der Waals surface area contributed by atoms with E-state index < -0.39 is 11.7 Å². The molecular formula is C15H13F3N2O2. The molecule has 116 valence electrons. The molecule has 0 aliphatic rings. The maximum absolute atomic E-state index is 12.4. The number of pyridine rings is 1. The van der Waals surface area contributed by atoms with E-state index in [2.05, 4.69) is 10.3 Å². The number of anilines is 1. The number of rotatable bonds is 4. The van der Waals surface area contributed by atoms with Gasteiger partial charge in [-0.1, -0.05) is 12.1 Å². The van der Waals surface area contributed by atoms with Gasteiger partial charge in [-0.05, 0) is 29.8 Å². The van der Waals surface area contributed by atoms with Gasteiger partial charge in [-0.2, -0.15) is 13.2 Å². The third-order valence-electron chi connectivity index (χ3n) is 2.88. The van der Waals surface area contributed by atoms with Crippen molar-refractivity contribution in [3.05, 3.63) is 53.7 Å². The Morgan fingerprint density at radius 1 is 1.18 bits per heavy atom. The van der Waals surface area contributed by atoms with Gasteiger partial charge in [-0.15, -0.1) is 0 Å². The molecule has 4 nitrogen and oxygen atoms in total. The zero-order valence-electron chi connectivity index (χ0n) is 11.6. The normalized spacial score (nSPS) is 11.1. The zero-order chi connectivity index (χ0) is 16.2. The van der Waals surface area contributed by atoms with Crippen LogP contribution in [0.15, 0.2) is 42.6 Å². The van der Waals surface area contributed by atoms with Crippen LogP contribution in [0.2, 0.25) is 0 Å². The fourth-order valence-corrected chi connectivity index (χ4v) is 1.75. The molecule has 22 heavy (non-hydrogen) atoms. The van der Waals surface area contributed by atoms with Gasteiger partial charge in [0.15, 0.2) is 0 Å². The summed E-state index contributed by atoms with van der Waals surface area (Å²) in [7, 11) is 1.54. The molecule has 2 rings (SSSR count). The van der Waals surface area contributed by atoms with Gasteiger partial charge in [0.2, 0.25) is 5.91 Å². The number of nitrogens with zero attached hydrogens (tertiary/aromatic N) is 1. The number of hydrogen-bond acceptors (Lipinski definition) is 3. The van der Waals surface area contributed by atoms with Crippen LogP contribution >= 0.6 is 0 Å². The van der Waals surface area contributed by atoms with Crippen molar-refractivity contribution in [3.8, 4) is 5.75 Å². The Balaban J connectivity index is 1.96. The first-order valence-electron chi connectivity index (χ1n) is 6.34. The number of aromatic nitrogens is 1. The first-order valence-corrected chi connectivity index (χ1v) is 6.34. The second kappa shape index (κ2) is 6.46. The summed E-state index contributed by atoms with van der Waals surface area (Å²) in [5.41, 5.74) is -0.106. The Morgan fingerprint density at radius 3 is 2.36 bits per heavy atom. The minimum atomic E-state index is -4.45. The molecule has 2 aromatic rings. The van der Waals surface area contributed by atoms with Gasteiger partial charge < -0.3 is 10.1 Å². The van der Waals surface area contributed by atoms with Crippen molar-refractivity contribution in [2.75, 3.05) is 12.4 Å². The predicted molar refractivity (Wildman–Crippen MR) is 74.6 cm³/mol. The lowest BCUT2D eigenvalue weighted by molar-refractivity contribution is -0.137. The van der Waals surface area contributed by atoms with Crippen molar-refractivity contribution in [2.45, 2.75) is 12.6 Å². The molecule has 0 atom stereocenters. The van der Waals surface area contributed by atoms with Crippen molar-refractivity contribution in [3.63, 3.8) is 0 Å².